The second kappa shape index (κ2) is 10.9. The lowest BCUT2D eigenvalue weighted by molar-refractivity contribution is 0.353. The van der Waals surface area contributed by atoms with Crippen molar-refractivity contribution in [3.63, 3.8) is 0 Å². The van der Waals surface area contributed by atoms with Gasteiger partial charge in [-0.15, -0.1) is 0 Å². The molecule has 5 rings (SSSR count). The summed E-state index contributed by atoms with van der Waals surface area (Å²) >= 11 is 6.48. The third-order valence-corrected chi connectivity index (χ3v) is 6.15. The van der Waals surface area contributed by atoms with E-state index in [4.69, 9.17) is 20.8 Å². The fourth-order valence-electron chi connectivity index (χ4n) is 4.01. The molecule has 2 aromatic carbocycles. The minimum Gasteiger partial charge on any atom is -0.487 e. The van der Waals surface area contributed by atoms with Gasteiger partial charge in [0, 0.05) is 23.1 Å². The van der Waals surface area contributed by atoms with Crippen LogP contribution < -0.4 is 15.4 Å². The van der Waals surface area contributed by atoms with E-state index in [2.05, 4.69) is 27.5 Å². The monoisotopic (exact) mass is 504 g/mol. The smallest absolute Gasteiger partial charge is 0.141 e. The van der Waals surface area contributed by atoms with Crippen LogP contribution in [0.25, 0.3) is 22.2 Å². The normalized spacial score (nSPS) is 13.4. The first-order valence-corrected chi connectivity index (χ1v) is 12.3. The Bertz CT molecular complexity index is 1450. The first-order chi connectivity index (χ1) is 17.6. The highest BCUT2D eigenvalue weighted by Gasteiger charge is 2.12. The largest absolute Gasteiger partial charge is 0.487 e. The van der Waals surface area contributed by atoms with Crippen LogP contribution >= 0.6 is 11.6 Å². The summed E-state index contributed by atoms with van der Waals surface area (Å²) in [6.45, 7) is 3.89. The summed E-state index contributed by atoms with van der Waals surface area (Å²) in [7, 11) is 0. The summed E-state index contributed by atoms with van der Waals surface area (Å²) in [6.07, 6.45) is 6.15. The first-order valence-electron chi connectivity index (χ1n) is 11.9. The van der Waals surface area contributed by atoms with Crippen LogP contribution in [-0.2, 0) is 6.54 Å². The number of halogens is 2. The summed E-state index contributed by atoms with van der Waals surface area (Å²) in [5.41, 5.74) is 3.31. The maximum Gasteiger partial charge on any atom is 0.141 e. The third kappa shape index (κ3) is 5.58. The van der Waals surface area contributed by atoms with Gasteiger partial charge in [-0.05, 0) is 73.1 Å². The topological polar surface area (TPSA) is 72.2 Å². The van der Waals surface area contributed by atoms with E-state index in [1.807, 2.05) is 42.5 Å². The number of anilines is 2. The Kier molecular flexibility index (Phi) is 7.30. The minimum atomic E-state index is -0.122. The van der Waals surface area contributed by atoms with Crippen LogP contribution in [0.5, 0.6) is 5.75 Å². The zero-order chi connectivity index (χ0) is 24.9. The number of nitrogens with one attached hydrogen (secondary N) is 2. The molecule has 6 nitrogen and oxygen atoms in total. The summed E-state index contributed by atoms with van der Waals surface area (Å²) in [4.78, 5) is 8.85. The maximum atomic E-state index is 13.5. The van der Waals surface area contributed by atoms with E-state index in [0.717, 1.165) is 45.8 Å². The molecule has 0 bridgehead atoms. The van der Waals surface area contributed by atoms with E-state index >= 15 is 0 Å². The fraction of sp³-hybridized carbons (Fsp3) is 0.214. The van der Waals surface area contributed by atoms with Crippen LogP contribution in [0.2, 0.25) is 5.02 Å². The summed E-state index contributed by atoms with van der Waals surface area (Å²) < 4.78 is 25.3. The molecule has 0 radical (unpaired) electrons. The molecule has 2 heterocycles. The number of fused-ring (bicyclic) bond motifs is 1. The molecule has 0 unspecified atom stereocenters. The van der Waals surface area contributed by atoms with Crippen molar-refractivity contribution in [2.75, 3.05) is 18.5 Å². The van der Waals surface area contributed by atoms with Gasteiger partial charge in [-0.3, -0.25) is 0 Å². The lowest BCUT2D eigenvalue weighted by Gasteiger charge is -2.13. The standard InChI is InChI=1S/C28H26ClFN4O2/c1-2-31-15-22-8-11-26(36-22)19-6-9-25-23(13-19)28(33-17-32-25)34-21-7-10-27(24(29)14-21)35-16-18-4-3-5-20(30)12-18/h4,6-14,17,31H,2-3,5,15-16H2,1H3,(H,32,33,34). The zero-order valence-corrected chi connectivity index (χ0v) is 20.6. The second-order valence-electron chi connectivity index (χ2n) is 8.47. The Morgan fingerprint density at radius 3 is 2.86 bits per heavy atom. The van der Waals surface area contributed by atoms with E-state index in [1.54, 1.807) is 12.1 Å². The number of aromatic nitrogens is 2. The number of nitrogens with zero attached hydrogens (tertiary/aromatic N) is 2. The molecule has 0 atom stereocenters. The van der Waals surface area contributed by atoms with Gasteiger partial charge in [0.05, 0.1) is 17.1 Å². The lowest BCUT2D eigenvalue weighted by Crippen LogP contribution is -2.10. The Labute approximate surface area is 213 Å². The van der Waals surface area contributed by atoms with E-state index in [0.29, 0.717) is 36.0 Å². The predicted molar refractivity (Wildman–Crippen MR) is 141 cm³/mol. The number of ether oxygens (including phenoxy) is 1. The van der Waals surface area contributed by atoms with Gasteiger partial charge in [-0.25, -0.2) is 14.4 Å². The maximum absolute atomic E-state index is 13.5. The quantitative estimate of drug-likeness (QED) is 0.248. The van der Waals surface area contributed by atoms with E-state index in [1.165, 1.54) is 12.4 Å². The molecule has 184 valence electrons. The average molecular weight is 505 g/mol. The van der Waals surface area contributed by atoms with Gasteiger partial charge >= 0.3 is 0 Å². The van der Waals surface area contributed by atoms with Crippen LogP contribution in [0.15, 0.2) is 82.8 Å². The molecule has 8 heteroatoms. The van der Waals surface area contributed by atoms with Gasteiger partial charge in [0.1, 0.15) is 41.8 Å². The molecule has 1 aliphatic carbocycles. The fourth-order valence-corrected chi connectivity index (χ4v) is 4.24. The van der Waals surface area contributed by atoms with Crippen LogP contribution in [0.4, 0.5) is 15.9 Å². The zero-order valence-electron chi connectivity index (χ0n) is 19.9. The predicted octanol–water partition coefficient (Wildman–Crippen LogP) is 7.35. The molecule has 2 aromatic heterocycles. The van der Waals surface area contributed by atoms with Gasteiger partial charge in [0.15, 0.2) is 0 Å². The Hall–Kier alpha value is -3.68. The summed E-state index contributed by atoms with van der Waals surface area (Å²) in [5.74, 6) is 2.73. The van der Waals surface area contributed by atoms with Crippen LogP contribution in [0, 0.1) is 0 Å². The molecular formula is C28H26ClFN4O2. The molecule has 0 saturated carbocycles. The van der Waals surface area contributed by atoms with Gasteiger partial charge in [-0.2, -0.15) is 0 Å². The Morgan fingerprint density at radius 1 is 1.11 bits per heavy atom. The molecule has 4 aromatic rings. The van der Waals surface area contributed by atoms with Crippen molar-refractivity contribution >= 4 is 34.0 Å². The number of allylic oxidation sites excluding steroid dienone is 2. The molecule has 1 aliphatic rings. The van der Waals surface area contributed by atoms with Gasteiger partial charge in [0.25, 0.3) is 0 Å². The highest BCUT2D eigenvalue weighted by atomic mass is 35.5. The van der Waals surface area contributed by atoms with Crippen molar-refractivity contribution in [1.29, 1.82) is 0 Å². The number of benzene rings is 2. The second-order valence-corrected chi connectivity index (χ2v) is 8.88. The van der Waals surface area contributed by atoms with Crippen molar-refractivity contribution in [3.05, 3.63) is 89.2 Å². The number of rotatable bonds is 9. The number of furan rings is 1. The Morgan fingerprint density at radius 2 is 2.03 bits per heavy atom. The van der Waals surface area contributed by atoms with Gasteiger partial charge in [0.2, 0.25) is 0 Å². The molecule has 0 aliphatic heterocycles. The highest BCUT2D eigenvalue weighted by molar-refractivity contribution is 6.32. The number of hydrogen-bond donors (Lipinski definition) is 2. The average Bonchev–Trinajstić information content (AvgIpc) is 3.36. The van der Waals surface area contributed by atoms with Crippen molar-refractivity contribution < 1.29 is 13.5 Å². The molecule has 0 saturated heterocycles. The first kappa shape index (κ1) is 24.0. The summed E-state index contributed by atoms with van der Waals surface area (Å²) in [5, 5.41) is 7.91. The van der Waals surface area contributed by atoms with E-state index in [9.17, 15) is 4.39 Å². The van der Waals surface area contributed by atoms with Gasteiger partial charge in [-0.1, -0.05) is 24.6 Å². The van der Waals surface area contributed by atoms with Crippen LogP contribution in [-0.4, -0.2) is 23.1 Å². The third-order valence-electron chi connectivity index (χ3n) is 5.85. The molecule has 36 heavy (non-hydrogen) atoms. The van der Waals surface area contributed by atoms with Crippen LogP contribution in [0.1, 0.15) is 25.5 Å². The van der Waals surface area contributed by atoms with Crippen molar-refractivity contribution in [2.24, 2.45) is 0 Å². The molecule has 0 amide bonds. The van der Waals surface area contributed by atoms with Crippen molar-refractivity contribution in [3.8, 4) is 17.1 Å². The molecule has 2 N–H and O–H groups in total. The van der Waals surface area contributed by atoms with Gasteiger partial charge < -0.3 is 19.8 Å². The highest BCUT2D eigenvalue weighted by Crippen LogP contribution is 2.33. The molecule has 0 fully saturated rings. The van der Waals surface area contributed by atoms with E-state index < -0.39 is 0 Å². The SMILES string of the molecule is CCNCc1ccc(-c2ccc3ncnc(Nc4ccc(OCC5=CCCC(F)=C5)c(Cl)c4)c3c2)o1. The minimum absolute atomic E-state index is 0.122. The number of hydrogen-bond acceptors (Lipinski definition) is 6. The van der Waals surface area contributed by atoms with Crippen molar-refractivity contribution in [2.45, 2.75) is 26.3 Å². The van der Waals surface area contributed by atoms with Crippen molar-refractivity contribution in [1.82, 2.24) is 15.3 Å². The van der Waals surface area contributed by atoms with E-state index in [-0.39, 0.29) is 12.4 Å². The summed E-state index contributed by atoms with van der Waals surface area (Å²) in [6, 6.07) is 15.3. The van der Waals surface area contributed by atoms with Crippen LogP contribution in [0.3, 0.4) is 0 Å². The molecule has 0 spiro atoms. The molecular weight excluding hydrogens is 479 g/mol. The lowest BCUT2D eigenvalue weighted by atomic mass is 10.1. The Balaban J connectivity index is 1.34.